The lowest BCUT2D eigenvalue weighted by atomic mass is 10.0. The molecule has 0 spiro atoms. The van der Waals surface area contributed by atoms with Gasteiger partial charge in [0.25, 0.3) is 0 Å². The Labute approximate surface area is 302 Å². The van der Waals surface area contributed by atoms with Crippen LogP contribution in [0.25, 0.3) is 0 Å². The summed E-state index contributed by atoms with van der Waals surface area (Å²) in [5, 5.41) is 0. The molecule has 0 saturated carbocycles. The summed E-state index contributed by atoms with van der Waals surface area (Å²) in [7, 11) is 2.34. The summed E-state index contributed by atoms with van der Waals surface area (Å²) in [5.41, 5.74) is 0. The van der Waals surface area contributed by atoms with Gasteiger partial charge in [-0.05, 0) is 60.7 Å². The SMILES string of the molecule is CCCCCCCCCCCCCCCCCCN(C)CCCCCCCCCCCCCCCCCC.CC[N+](CC)(CC)CC. The second-order valence-electron chi connectivity index (χ2n) is 15.5. The van der Waals surface area contributed by atoms with Crippen LogP contribution < -0.4 is 0 Å². The molecule has 0 heterocycles. The Kier molecular flexibility index (Phi) is 43.9. The summed E-state index contributed by atoms with van der Waals surface area (Å²) in [5.74, 6) is 0. The van der Waals surface area contributed by atoms with Gasteiger partial charge in [-0.25, -0.2) is 0 Å². The number of quaternary nitrogens is 1. The molecule has 0 amide bonds. The van der Waals surface area contributed by atoms with E-state index in [1.54, 1.807) is 0 Å². The van der Waals surface area contributed by atoms with Gasteiger partial charge < -0.3 is 9.38 Å². The quantitative estimate of drug-likeness (QED) is 0.0468. The van der Waals surface area contributed by atoms with Crippen molar-refractivity contribution in [2.24, 2.45) is 0 Å². The Morgan fingerprint density at radius 2 is 0.426 bits per heavy atom. The Morgan fingerprint density at radius 1 is 0.255 bits per heavy atom. The lowest BCUT2D eigenvalue weighted by Crippen LogP contribution is -2.47. The largest absolute Gasteiger partial charge is 0.325 e. The molecule has 0 rings (SSSR count). The standard InChI is InChI=1S/C37H77N.C8H20N/c1-4-6-8-10-12-14-16-18-20-22-24-26-28-30-32-34-36-38(3)37-35-33-31-29-27-25-23-21-19-17-15-13-11-9-7-5-2;1-5-9(6-2,7-3)8-4/h4-37H2,1-3H3;5-8H2,1-4H3/q;+1. The summed E-state index contributed by atoms with van der Waals surface area (Å²) < 4.78 is 1.28. The predicted octanol–water partition coefficient (Wildman–Crippen LogP) is 15.3. The van der Waals surface area contributed by atoms with Crippen molar-refractivity contribution in [2.45, 2.75) is 247 Å². The van der Waals surface area contributed by atoms with Gasteiger partial charge in [0.1, 0.15) is 0 Å². The summed E-state index contributed by atoms with van der Waals surface area (Å²) in [4.78, 5) is 2.59. The van der Waals surface area contributed by atoms with Crippen LogP contribution in [0.1, 0.15) is 247 Å². The zero-order chi connectivity index (χ0) is 34.9. The highest BCUT2D eigenvalue weighted by Gasteiger charge is 2.16. The monoisotopic (exact) mass is 666 g/mol. The van der Waals surface area contributed by atoms with Crippen molar-refractivity contribution in [1.82, 2.24) is 4.90 Å². The van der Waals surface area contributed by atoms with Gasteiger partial charge in [-0.15, -0.1) is 0 Å². The van der Waals surface area contributed by atoms with Gasteiger partial charge in [0.2, 0.25) is 0 Å². The maximum Gasteiger partial charge on any atom is 0.0757 e. The van der Waals surface area contributed by atoms with Crippen LogP contribution in [-0.2, 0) is 0 Å². The van der Waals surface area contributed by atoms with Crippen LogP contribution in [-0.4, -0.2) is 55.7 Å². The van der Waals surface area contributed by atoms with Gasteiger partial charge in [0.15, 0.2) is 0 Å². The molecule has 0 radical (unpaired) electrons. The van der Waals surface area contributed by atoms with Crippen LogP contribution in [0.2, 0.25) is 0 Å². The molecule has 0 aliphatic heterocycles. The first kappa shape index (κ1) is 49.0. The van der Waals surface area contributed by atoms with Crippen molar-refractivity contribution in [3.05, 3.63) is 0 Å². The molecule has 0 bridgehead atoms. The molecule has 286 valence electrons. The van der Waals surface area contributed by atoms with Gasteiger partial charge in [-0.3, -0.25) is 0 Å². The first-order valence-electron chi connectivity index (χ1n) is 22.6. The molecule has 0 aromatic heterocycles. The Balaban J connectivity index is 0. The van der Waals surface area contributed by atoms with E-state index in [1.807, 2.05) is 0 Å². The molecule has 47 heavy (non-hydrogen) atoms. The predicted molar refractivity (Wildman–Crippen MR) is 219 cm³/mol. The molecule has 0 aromatic carbocycles. The van der Waals surface area contributed by atoms with Crippen molar-refractivity contribution in [1.29, 1.82) is 0 Å². The van der Waals surface area contributed by atoms with Crippen LogP contribution in [0.5, 0.6) is 0 Å². The van der Waals surface area contributed by atoms with Gasteiger partial charge in [0, 0.05) is 0 Å². The molecule has 0 fully saturated rings. The van der Waals surface area contributed by atoms with E-state index in [-0.39, 0.29) is 0 Å². The molecule has 2 nitrogen and oxygen atoms in total. The number of nitrogens with zero attached hydrogens (tertiary/aromatic N) is 2. The minimum atomic E-state index is 1.28. The molecule has 0 aliphatic carbocycles. The average Bonchev–Trinajstić information content (AvgIpc) is 3.09. The lowest BCUT2D eigenvalue weighted by molar-refractivity contribution is -0.921. The third-order valence-corrected chi connectivity index (χ3v) is 11.5. The fraction of sp³-hybridized carbons (Fsp3) is 1.00. The summed E-state index contributed by atoms with van der Waals surface area (Å²) >= 11 is 0. The van der Waals surface area contributed by atoms with Crippen LogP contribution in [0, 0.1) is 0 Å². The van der Waals surface area contributed by atoms with Crippen molar-refractivity contribution in [3.63, 3.8) is 0 Å². The number of unbranched alkanes of at least 4 members (excludes halogenated alkanes) is 30. The Bertz CT molecular complexity index is 475. The highest BCUT2D eigenvalue weighted by Crippen LogP contribution is 2.15. The fourth-order valence-corrected chi connectivity index (χ4v) is 7.31. The van der Waals surface area contributed by atoms with E-state index in [0.717, 1.165) is 0 Å². The van der Waals surface area contributed by atoms with E-state index in [1.165, 1.54) is 249 Å². The van der Waals surface area contributed by atoms with Crippen LogP contribution in [0.3, 0.4) is 0 Å². The summed E-state index contributed by atoms with van der Waals surface area (Å²) in [6.45, 7) is 21.5. The first-order valence-corrected chi connectivity index (χ1v) is 22.6. The topological polar surface area (TPSA) is 3.24 Å². The summed E-state index contributed by atoms with van der Waals surface area (Å²) in [6, 6.07) is 0. The molecule has 0 aromatic rings. The maximum absolute atomic E-state index is 2.59. The van der Waals surface area contributed by atoms with Gasteiger partial charge >= 0.3 is 0 Å². The smallest absolute Gasteiger partial charge is 0.0757 e. The normalized spacial score (nSPS) is 11.7. The molecule has 0 unspecified atom stereocenters. The minimum absolute atomic E-state index is 1.28. The number of hydrogen-bond acceptors (Lipinski definition) is 1. The van der Waals surface area contributed by atoms with E-state index < -0.39 is 0 Å². The summed E-state index contributed by atoms with van der Waals surface area (Å²) in [6.07, 6.45) is 46.8. The Hall–Kier alpha value is -0.0800. The van der Waals surface area contributed by atoms with E-state index in [4.69, 9.17) is 0 Å². The highest BCUT2D eigenvalue weighted by molar-refractivity contribution is 4.56. The molecular formula is C45H97N2+. The fourth-order valence-electron chi connectivity index (χ4n) is 7.31. The van der Waals surface area contributed by atoms with Gasteiger partial charge in [0.05, 0.1) is 26.2 Å². The van der Waals surface area contributed by atoms with E-state index in [0.29, 0.717) is 0 Å². The second-order valence-corrected chi connectivity index (χ2v) is 15.5. The third kappa shape index (κ3) is 38.6. The highest BCUT2D eigenvalue weighted by atomic mass is 15.3. The number of hydrogen-bond donors (Lipinski definition) is 0. The van der Waals surface area contributed by atoms with E-state index in [9.17, 15) is 0 Å². The van der Waals surface area contributed by atoms with E-state index in [2.05, 4.69) is 53.5 Å². The van der Waals surface area contributed by atoms with Crippen LogP contribution in [0.15, 0.2) is 0 Å². The zero-order valence-electron chi connectivity index (χ0n) is 34.8. The van der Waals surface area contributed by atoms with Crippen molar-refractivity contribution >= 4 is 0 Å². The molecule has 0 N–H and O–H groups in total. The first-order chi connectivity index (χ1) is 23.1. The molecule has 2 heteroatoms. The molecular weight excluding hydrogens is 569 g/mol. The minimum Gasteiger partial charge on any atom is -0.325 e. The Morgan fingerprint density at radius 3 is 0.574 bits per heavy atom. The third-order valence-electron chi connectivity index (χ3n) is 11.5. The van der Waals surface area contributed by atoms with Crippen molar-refractivity contribution in [2.75, 3.05) is 46.3 Å². The van der Waals surface area contributed by atoms with Gasteiger partial charge in [-0.2, -0.15) is 0 Å². The van der Waals surface area contributed by atoms with E-state index >= 15 is 0 Å². The lowest BCUT2D eigenvalue weighted by Gasteiger charge is -2.34. The zero-order valence-corrected chi connectivity index (χ0v) is 34.8. The molecule has 0 saturated heterocycles. The van der Waals surface area contributed by atoms with Crippen LogP contribution in [0.4, 0.5) is 0 Å². The average molecular weight is 666 g/mol. The van der Waals surface area contributed by atoms with Gasteiger partial charge in [-0.1, -0.05) is 206 Å². The van der Waals surface area contributed by atoms with Crippen LogP contribution >= 0.6 is 0 Å². The van der Waals surface area contributed by atoms with Crippen molar-refractivity contribution < 1.29 is 4.48 Å². The molecule has 0 aliphatic rings. The number of rotatable bonds is 38. The maximum atomic E-state index is 2.59. The molecule has 0 atom stereocenters. The van der Waals surface area contributed by atoms with Crippen molar-refractivity contribution in [3.8, 4) is 0 Å². The second kappa shape index (κ2) is 42.1.